The number of ether oxygens (including phenoxy) is 1. The van der Waals surface area contributed by atoms with Crippen molar-refractivity contribution in [2.45, 2.75) is 6.85 Å². The van der Waals surface area contributed by atoms with Crippen molar-refractivity contribution in [3.63, 3.8) is 0 Å². The van der Waals surface area contributed by atoms with Crippen LogP contribution in [0, 0.1) is 0 Å². The second-order valence-electron chi connectivity index (χ2n) is 0.999. The Labute approximate surface area is 51.8 Å². The van der Waals surface area contributed by atoms with Crippen LogP contribution in [-0.4, -0.2) is 12.6 Å². The summed E-state index contributed by atoms with van der Waals surface area (Å²) in [5.41, 5.74) is 0. The van der Waals surface area contributed by atoms with Crippen LogP contribution in [0.4, 0.5) is 0 Å². The highest BCUT2D eigenvalue weighted by Gasteiger charge is 1.92. The van der Waals surface area contributed by atoms with E-state index in [1.807, 2.05) is 0 Å². The zero-order chi connectivity index (χ0) is 9.07. The molecule has 0 aliphatic carbocycles. The van der Waals surface area contributed by atoms with Crippen LogP contribution in [0.2, 0.25) is 0 Å². The molecular weight excluding hydrogens is 108 g/mol. The first-order valence-corrected chi connectivity index (χ1v) is 1.86. The van der Waals surface area contributed by atoms with Gasteiger partial charge in [-0.1, -0.05) is 6.58 Å². The standard InChI is InChI=1S/C5H8O3/c1-3-8-5(7)4(2)6/h6H,2-3H2,1H3/p-1/i1D3. The van der Waals surface area contributed by atoms with E-state index >= 15 is 0 Å². The van der Waals surface area contributed by atoms with Crippen molar-refractivity contribution in [3.8, 4) is 0 Å². The minimum absolute atomic E-state index is 0.757. The van der Waals surface area contributed by atoms with E-state index in [0.29, 0.717) is 0 Å². The smallest absolute Gasteiger partial charge is 0.322 e. The monoisotopic (exact) mass is 118 g/mol. The first-order chi connectivity index (χ1) is 4.83. The minimum Gasteiger partial charge on any atom is -0.868 e. The zero-order valence-electron chi connectivity index (χ0n) is 7.14. The SMILES string of the molecule is [2H]C([2H])([2H])COC(=O)C(=C)[O-]. The molecule has 3 nitrogen and oxygen atoms in total. The third kappa shape index (κ3) is 2.23. The number of rotatable bonds is 2. The summed E-state index contributed by atoms with van der Waals surface area (Å²) in [6, 6.07) is 0. The molecule has 8 heavy (non-hydrogen) atoms. The maximum absolute atomic E-state index is 10.3. The molecule has 0 atom stereocenters. The van der Waals surface area contributed by atoms with Crippen molar-refractivity contribution in [2.24, 2.45) is 0 Å². The van der Waals surface area contributed by atoms with Gasteiger partial charge in [-0.05, 0) is 12.6 Å². The van der Waals surface area contributed by atoms with Gasteiger partial charge in [-0.3, -0.25) is 0 Å². The van der Waals surface area contributed by atoms with Crippen molar-refractivity contribution in [3.05, 3.63) is 12.3 Å². The van der Waals surface area contributed by atoms with E-state index < -0.39 is 25.2 Å². The van der Waals surface area contributed by atoms with E-state index in [0.717, 1.165) is 0 Å². The van der Waals surface area contributed by atoms with Crippen molar-refractivity contribution >= 4 is 5.97 Å². The molecule has 0 radical (unpaired) electrons. The third-order valence-corrected chi connectivity index (χ3v) is 0.431. The maximum Gasteiger partial charge on any atom is 0.322 e. The molecule has 0 aromatic rings. The number of hydrogen-bond acceptors (Lipinski definition) is 3. The lowest BCUT2D eigenvalue weighted by Crippen LogP contribution is -2.16. The average Bonchev–Trinajstić information content (AvgIpc) is 1.80. The molecule has 46 valence electrons. The Kier molecular flexibility index (Phi) is 1.20. The molecule has 0 aromatic heterocycles. The van der Waals surface area contributed by atoms with E-state index in [2.05, 4.69) is 11.3 Å². The Morgan fingerprint density at radius 3 is 3.12 bits per heavy atom. The molecule has 0 bridgehead atoms. The van der Waals surface area contributed by atoms with Crippen LogP contribution in [-0.2, 0) is 9.53 Å². The van der Waals surface area contributed by atoms with Gasteiger partial charge in [-0.2, -0.15) is 0 Å². The van der Waals surface area contributed by atoms with Crippen molar-refractivity contribution < 1.29 is 18.8 Å². The number of hydrogen-bond donors (Lipinski definition) is 0. The first-order valence-electron chi connectivity index (χ1n) is 3.36. The van der Waals surface area contributed by atoms with Gasteiger partial charge in [0.25, 0.3) is 0 Å². The summed E-state index contributed by atoms with van der Waals surface area (Å²) in [7, 11) is 0. The lowest BCUT2D eigenvalue weighted by molar-refractivity contribution is -0.302. The molecule has 0 N–H and O–H groups in total. The summed E-state index contributed by atoms with van der Waals surface area (Å²) >= 11 is 0. The molecular formula is C5H7O3-. The quantitative estimate of drug-likeness (QED) is 0.277. The molecule has 0 aliphatic rings. The van der Waals surface area contributed by atoms with Crippen molar-refractivity contribution in [1.82, 2.24) is 0 Å². The number of carbonyl (C=O) groups is 1. The van der Waals surface area contributed by atoms with Gasteiger partial charge >= 0.3 is 5.97 Å². The van der Waals surface area contributed by atoms with Gasteiger partial charge in [0.1, 0.15) is 0 Å². The fraction of sp³-hybridized carbons (Fsp3) is 0.400. The van der Waals surface area contributed by atoms with Crippen molar-refractivity contribution in [2.75, 3.05) is 6.61 Å². The predicted octanol–water partition coefficient (Wildman–Crippen LogP) is -0.577. The van der Waals surface area contributed by atoms with Gasteiger partial charge in [0.15, 0.2) is 0 Å². The lowest BCUT2D eigenvalue weighted by Gasteiger charge is -2.05. The average molecular weight is 118 g/mol. The zero-order valence-corrected chi connectivity index (χ0v) is 4.14. The Bertz CT molecular complexity index is 172. The third-order valence-electron chi connectivity index (χ3n) is 0.431. The van der Waals surface area contributed by atoms with Crippen LogP contribution in [0.25, 0.3) is 0 Å². The molecule has 0 amide bonds. The Morgan fingerprint density at radius 2 is 2.75 bits per heavy atom. The molecule has 0 saturated heterocycles. The van der Waals surface area contributed by atoms with E-state index in [-0.39, 0.29) is 0 Å². The number of esters is 1. The normalized spacial score (nSPS) is 15.2. The highest BCUT2D eigenvalue weighted by Crippen LogP contribution is 1.81. The Morgan fingerprint density at radius 1 is 2.12 bits per heavy atom. The maximum atomic E-state index is 10.3. The molecule has 0 rings (SSSR count). The predicted molar refractivity (Wildman–Crippen MR) is 25.8 cm³/mol. The molecule has 0 aliphatic heterocycles. The topological polar surface area (TPSA) is 49.4 Å². The van der Waals surface area contributed by atoms with Crippen LogP contribution in [0.15, 0.2) is 12.3 Å². The van der Waals surface area contributed by atoms with E-state index in [1.165, 1.54) is 0 Å². The molecule has 0 spiro atoms. The van der Waals surface area contributed by atoms with Crippen LogP contribution in [0.1, 0.15) is 11.0 Å². The Balaban J connectivity index is 3.73. The van der Waals surface area contributed by atoms with Crippen LogP contribution in [0.3, 0.4) is 0 Å². The Hall–Kier alpha value is -0.990. The van der Waals surface area contributed by atoms with Gasteiger partial charge in [0.2, 0.25) is 0 Å². The van der Waals surface area contributed by atoms with E-state index in [1.54, 1.807) is 0 Å². The second kappa shape index (κ2) is 3.07. The highest BCUT2D eigenvalue weighted by molar-refractivity contribution is 5.84. The summed E-state index contributed by atoms with van der Waals surface area (Å²) in [5, 5.41) is 10.1. The molecule has 3 heteroatoms. The highest BCUT2D eigenvalue weighted by atomic mass is 16.5. The minimum atomic E-state index is -2.36. The van der Waals surface area contributed by atoms with Crippen LogP contribution >= 0.6 is 0 Å². The van der Waals surface area contributed by atoms with Gasteiger partial charge in [-0.25, -0.2) is 4.79 Å². The molecule has 0 fully saturated rings. The van der Waals surface area contributed by atoms with E-state index in [4.69, 9.17) is 4.11 Å². The summed E-state index contributed by atoms with van der Waals surface area (Å²) in [4.78, 5) is 10.3. The summed E-state index contributed by atoms with van der Waals surface area (Å²) in [5.74, 6) is -2.27. The summed E-state index contributed by atoms with van der Waals surface area (Å²) in [6.45, 7) is -0.371. The van der Waals surface area contributed by atoms with Crippen molar-refractivity contribution in [1.29, 1.82) is 0 Å². The number of carbonyl (C=O) groups excluding carboxylic acids is 1. The van der Waals surface area contributed by atoms with Gasteiger partial charge < -0.3 is 9.84 Å². The first kappa shape index (κ1) is 3.12. The van der Waals surface area contributed by atoms with Crippen LogP contribution in [0.5, 0.6) is 0 Å². The van der Waals surface area contributed by atoms with Gasteiger partial charge in [0, 0.05) is 4.11 Å². The molecule has 0 saturated carbocycles. The van der Waals surface area contributed by atoms with Gasteiger partial charge in [-0.15, -0.1) is 0 Å². The molecule has 0 heterocycles. The fourth-order valence-corrected chi connectivity index (χ4v) is 0.146. The largest absolute Gasteiger partial charge is 0.868 e. The molecule has 0 aromatic carbocycles. The van der Waals surface area contributed by atoms with Crippen LogP contribution < -0.4 is 5.11 Å². The summed E-state index contributed by atoms with van der Waals surface area (Å²) < 4.78 is 23.8. The summed E-state index contributed by atoms with van der Waals surface area (Å²) in [6.07, 6.45) is 0. The van der Waals surface area contributed by atoms with E-state index in [9.17, 15) is 9.90 Å². The molecule has 0 unspecified atom stereocenters. The lowest BCUT2D eigenvalue weighted by atomic mass is 10.6. The van der Waals surface area contributed by atoms with Gasteiger partial charge in [0.05, 0.1) is 6.61 Å². The second-order valence-corrected chi connectivity index (χ2v) is 0.999. The fourth-order valence-electron chi connectivity index (χ4n) is 0.146.